The summed E-state index contributed by atoms with van der Waals surface area (Å²) in [4.78, 5) is 32.7. The number of rotatable bonds is 2. The molecule has 1 N–H and O–H groups in total. The van der Waals surface area contributed by atoms with Crippen LogP contribution in [-0.2, 0) is 17.8 Å². The van der Waals surface area contributed by atoms with Gasteiger partial charge in [-0.15, -0.1) is 0 Å². The summed E-state index contributed by atoms with van der Waals surface area (Å²) in [5.74, 6) is 0.405. The van der Waals surface area contributed by atoms with E-state index in [0.717, 1.165) is 29.8 Å². The number of hydrogen-bond donors (Lipinski definition) is 1. The molecule has 164 valence electrons. The second kappa shape index (κ2) is 8.57. The van der Waals surface area contributed by atoms with Gasteiger partial charge in [-0.25, -0.2) is 9.59 Å². The van der Waals surface area contributed by atoms with Gasteiger partial charge in [0.15, 0.2) is 0 Å². The van der Waals surface area contributed by atoms with Crippen LogP contribution in [0.4, 0.5) is 15.3 Å². The van der Waals surface area contributed by atoms with Crippen LogP contribution < -0.4 is 5.32 Å². The molecule has 0 unspecified atom stereocenters. The van der Waals surface area contributed by atoms with E-state index in [1.165, 1.54) is 5.56 Å². The van der Waals surface area contributed by atoms with Gasteiger partial charge in [-0.1, -0.05) is 18.2 Å². The molecule has 0 bridgehead atoms. The van der Waals surface area contributed by atoms with Gasteiger partial charge in [0, 0.05) is 31.5 Å². The lowest BCUT2D eigenvalue weighted by Crippen LogP contribution is -2.41. The second-order valence-corrected chi connectivity index (χ2v) is 9.26. The Morgan fingerprint density at radius 1 is 1.03 bits per heavy atom. The van der Waals surface area contributed by atoms with Crippen molar-refractivity contribution in [3.63, 3.8) is 0 Å². The first-order chi connectivity index (χ1) is 14.8. The van der Waals surface area contributed by atoms with Gasteiger partial charge < -0.3 is 19.9 Å². The molecule has 0 atom stereocenters. The van der Waals surface area contributed by atoms with Crippen LogP contribution in [0.1, 0.15) is 56.4 Å². The van der Waals surface area contributed by atoms with Gasteiger partial charge in [-0.05, 0) is 68.9 Å². The number of pyridine rings is 1. The summed E-state index contributed by atoms with van der Waals surface area (Å²) in [7, 11) is 0. The zero-order valence-corrected chi connectivity index (χ0v) is 18.4. The number of nitrogens with zero attached hydrogens (tertiary/aromatic N) is 3. The molecule has 7 nitrogen and oxygen atoms in total. The summed E-state index contributed by atoms with van der Waals surface area (Å²) in [6.07, 6.45) is 3.34. The van der Waals surface area contributed by atoms with Crippen LogP contribution in [0, 0.1) is 0 Å². The van der Waals surface area contributed by atoms with E-state index in [1.54, 1.807) is 16.0 Å². The Morgan fingerprint density at radius 2 is 1.74 bits per heavy atom. The number of aromatic nitrogens is 1. The molecule has 0 spiro atoms. The molecule has 31 heavy (non-hydrogen) atoms. The zero-order chi connectivity index (χ0) is 22.0. The molecule has 7 heteroatoms. The van der Waals surface area contributed by atoms with Crippen LogP contribution >= 0.6 is 0 Å². The van der Waals surface area contributed by atoms with Crippen LogP contribution in [0.3, 0.4) is 0 Å². The van der Waals surface area contributed by atoms with Crippen LogP contribution in [0.2, 0.25) is 0 Å². The minimum absolute atomic E-state index is 0.114. The van der Waals surface area contributed by atoms with E-state index in [9.17, 15) is 9.59 Å². The second-order valence-electron chi connectivity index (χ2n) is 9.26. The molecule has 1 saturated heterocycles. The Balaban J connectivity index is 1.28. The van der Waals surface area contributed by atoms with Gasteiger partial charge in [-0.3, -0.25) is 4.98 Å². The maximum Gasteiger partial charge on any atom is 0.410 e. The quantitative estimate of drug-likeness (QED) is 0.758. The number of ether oxygens (including phenoxy) is 1. The van der Waals surface area contributed by atoms with E-state index in [-0.39, 0.29) is 12.1 Å². The molecule has 0 aliphatic carbocycles. The number of amides is 3. The Hall–Kier alpha value is -3.09. The van der Waals surface area contributed by atoms with Gasteiger partial charge in [-0.2, -0.15) is 0 Å². The first-order valence-electron chi connectivity index (χ1n) is 10.8. The van der Waals surface area contributed by atoms with Crippen molar-refractivity contribution in [2.45, 2.75) is 58.2 Å². The highest BCUT2D eigenvalue weighted by Gasteiger charge is 2.28. The number of nitrogens with one attached hydrogen (secondary N) is 1. The van der Waals surface area contributed by atoms with Crippen molar-refractivity contribution in [3.8, 4) is 0 Å². The Bertz CT molecular complexity index is 919. The standard InChI is InChI=1S/C24H30N4O3/c1-24(2,3)31-23(30)27-13-10-18(11-14-27)17-6-8-20(9-7-17)26-22(29)28-15-19-5-4-12-25-21(19)16-28/h4-9,12,18H,10-11,13-16H2,1-3H3,(H,26,29). The van der Waals surface area contributed by atoms with Gasteiger partial charge in [0.25, 0.3) is 0 Å². The van der Waals surface area contributed by atoms with E-state index in [4.69, 9.17) is 4.74 Å². The third-order valence-corrected chi connectivity index (χ3v) is 5.75. The van der Waals surface area contributed by atoms with Crippen molar-refractivity contribution < 1.29 is 14.3 Å². The molecule has 2 aromatic rings. The number of piperidine rings is 1. The summed E-state index contributed by atoms with van der Waals surface area (Å²) < 4.78 is 5.47. The number of urea groups is 1. The first kappa shape index (κ1) is 21.2. The van der Waals surface area contributed by atoms with Gasteiger partial charge >= 0.3 is 12.1 Å². The smallest absolute Gasteiger partial charge is 0.410 e. The molecule has 0 radical (unpaired) electrons. The number of anilines is 1. The molecule has 2 aliphatic heterocycles. The number of carbonyl (C=O) groups is 2. The van der Waals surface area contributed by atoms with Gasteiger partial charge in [0.2, 0.25) is 0 Å². The van der Waals surface area contributed by atoms with Crippen molar-refractivity contribution in [1.82, 2.24) is 14.8 Å². The fourth-order valence-corrected chi connectivity index (χ4v) is 4.11. The van der Waals surface area contributed by atoms with Crippen molar-refractivity contribution in [1.29, 1.82) is 0 Å². The lowest BCUT2D eigenvalue weighted by molar-refractivity contribution is 0.0205. The summed E-state index contributed by atoms with van der Waals surface area (Å²) in [5.41, 5.74) is 3.61. The summed E-state index contributed by atoms with van der Waals surface area (Å²) in [6, 6.07) is 11.9. The topological polar surface area (TPSA) is 74.8 Å². The van der Waals surface area contributed by atoms with E-state index in [0.29, 0.717) is 32.1 Å². The van der Waals surface area contributed by atoms with Crippen molar-refractivity contribution in [2.24, 2.45) is 0 Å². The highest BCUT2D eigenvalue weighted by Crippen LogP contribution is 2.30. The molecule has 1 aromatic heterocycles. The monoisotopic (exact) mass is 422 g/mol. The number of hydrogen-bond acceptors (Lipinski definition) is 4. The molecule has 1 aromatic carbocycles. The minimum atomic E-state index is -0.470. The lowest BCUT2D eigenvalue weighted by Gasteiger charge is -2.33. The van der Waals surface area contributed by atoms with E-state index in [1.807, 2.05) is 45.0 Å². The molecule has 1 fully saturated rings. The number of benzene rings is 1. The SMILES string of the molecule is CC(C)(C)OC(=O)N1CCC(c2ccc(NC(=O)N3Cc4cccnc4C3)cc2)CC1. The summed E-state index contributed by atoms with van der Waals surface area (Å²) in [5, 5.41) is 2.98. The van der Waals surface area contributed by atoms with E-state index in [2.05, 4.69) is 22.4 Å². The molecule has 2 aliphatic rings. The Labute approximate surface area is 183 Å². The largest absolute Gasteiger partial charge is 0.444 e. The van der Waals surface area contributed by atoms with Crippen LogP contribution in [0.15, 0.2) is 42.6 Å². The molecule has 0 saturated carbocycles. The average molecular weight is 423 g/mol. The lowest BCUT2D eigenvalue weighted by atomic mass is 9.89. The maximum absolute atomic E-state index is 12.6. The van der Waals surface area contributed by atoms with Crippen molar-refractivity contribution in [2.75, 3.05) is 18.4 Å². The van der Waals surface area contributed by atoms with Crippen molar-refractivity contribution >= 4 is 17.8 Å². The molecule has 4 rings (SSSR count). The Kier molecular flexibility index (Phi) is 5.85. The third-order valence-electron chi connectivity index (χ3n) is 5.75. The molecule has 3 heterocycles. The van der Waals surface area contributed by atoms with E-state index < -0.39 is 5.60 Å². The number of carbonyl (C=O) groups excluding carboxylic acids is 2. The summed E-state index contributed by atoms with van der Waals surface area (Å²) in [6.45, 7) is 8.18. The number of fused-ring (bicyclic) bond motifs is 1. The van der Waals surface area contributed by atoms with E-state index >= 15 is 0 Å². The fraction of sp³-hybridized carbons (Fsp3) is 0.458. The first-order valence-corrected chi connectivity index (χ1v) is 10.8. The number of likely N-dealkylation sites (tertiary alicyclic amines) is 1. The van der Waals surface area contributed by atoms with Gasteiger partial charge in [0.1, 0.15) is 5.60 Å². The molecule has 3 amide bonds. The van der Waals surface area contributed by atoms with Gasteiger partial charge in [0.05, 0.1) is 12.2 Å². The molecular weight excluding hydrogens is 392 g/mol. The van der Waals surface area contributed by atoms with Crippen molar-refractivity contribution in [3.05, 3.63) is 59.4 Å². The fourth-order valence-electron chi connectivity index (χ4n) is 4.11. The summed E-state index contributed by atoms with van der Waals surface area (Å²) >= 11 is 0. The van der Waals surface area contributed by atoms with Crippen LogP contribution in [-0.4, -0.2) is 45.6 Å². The Morgan fingerprint density at radius 3 is 2.39 bits per heavy atom. The average Bonchev–Trinajstić information content (AvgIpc) is 3.18. The minimum Gasteiger partial charge on any atom is -0.444 e. The van der Waals surface area contributed by atoms with Crippen LogP contribution in [0.25, 0.3) is 0 Å². The third kappa shape index (κ3) is 5.16. The predicted octanol–water partition coefficient (Wildman–Crippen LogP) is 4.74. The maximum atomic E-state index is 12.6. The molecular formula is C24H30N4O3. The highest BCUT2D eigenvalue weighted by atomic mass is 16.6. The highest BCUT2D eigenvalue weighted by molar-refractivity contribution is 5.89. The normalized spacial score (nSPS) is 16.7. The predicted molar refractivity (Wildman–Crippen MR) is 119 cm³/mol. The van der Waals surface area contributed by atoms with Crippen LogP contribution in [0.5, 0.6) is 0 Å². The zero-order valence-electron chi connectivity index (χ0n) is 18.4.